The molecule has 0 amide bonds. The van der Waals surface area contributed by atoms with E-state index in [0.29, 0.717) is 36.2 Å². The van der Waals surface area contributed by atoms with Crippen LogP contribution in [-0.4, -0.2) is 25.2 Å². The van der Waals surface area contributed by atoms with Crippen LogP contribution in [0.3, 0.4) is 0 Å². The standard InChI is InChI=1S/C22H24O4/c23-21(19-10-3-1-4-11-19)25-15-17-8-7-9-18(14-17)16-26-22(24)20-12-5-2-6-13-20/h1-6,10-13,17-18H,7-9,14-16H2. The van der Waals surface area contributed by atoms with Gasteiger partial charge >= 0.3 is 11.9 Å². The molecule has 0 N–H and O–H groups in total. The second kappa shape index (κ2) is 9.18. The van der Waals surface area contributed by atoms with Crippen LogP contribution in [0.5, 0.6) is 0 Å². The highest BCUT2D eigenvalue weighted by molar-refractivity contribution is 5.89. The first-order valence-corrected chi connectivity index (χ1v) is 9.16. The second-order valence-corrected chi connectivity index (χ2v) is 6.83. The van der Waals surface area contributed by atoms with E-state index >= 15 is 0 Å². The molecule has 4 heteroatoms. The summed E-state index contributed by atoms with van der Waals surface area (Å²) in [6.07, 6.45) is 4.08. The highest BCUT2D eigenvalue weighted by Crippen LogP contribution is 2.29. The summed E-state index contributed by atoms with van der Waals surface area (Å²) >= 11 is 0. The smallest absolute Gasteiger partial charge is 0.338 e. The van der Waals surface area contributed by atoms with E-state index in [2.05, 4.69) is 0 Å². The Morgan fingerprint density at radius 2 is 1.15 bits per heavy atom. The first kappa shape index (κ1) is 18.2. The van der Waals surface area contributed by atoms with Gasteiger partial charge in [0.05, 0.1) is 24.3 Å². The van der Waals surface area contributed by atoms with Crippen LogP contribution < -0.4 is 0 Å². The molecule has 1 saturated carbocycles. The largest absolute Gasteiger partial charge is 0.462 e. The van der Waals surface area contributed by atoms with E-state index in [1.807, 2.05) is 36.4 Å². The molecule has 136 valence electrons. The lowest BCUT2D eigenvalue weighted by molar-refractivity contribution is 0.0281. The van der Waals surface area contributed by atoms with Gasteiger partial charge in [-0.15, -0.1) is 0 Å². The molecule has 0 heterocycles. The van der Waals surface area contributed by atoms with Crippen molar-refractivity contribution in [1.82, 2.24) is 0 Å². The molecule has 0 bridgehead atoms. The Balaban J connectivity index is 1.42. The molecular weight excluding hydrogens is 328 g/mol. The van der Waals surface area contributed by atoms with Crippen LogP contribution in [0.1, 0.15) is 46.4 Å². The zero-order valence-electron chi connectivity index (χ0n) is 14.8. The van der Waals surface area contributed by atoms with Gasteiger partial charge in [-0.1, -0.05) is 42.8 Å². The number of benzene rings is 2. The van der Waals surface area contributed by atoms with Crippen LogP contribution in [0, 0.1) is 11.8 Å². The maximum Gasteiger partial charge on any atom is 0.338 e. The van der Waals surface area contributed by atoms with Crippen LogP contribution >= 0.6 is 0 Å². The van der Waals surface area contributed by atoms with Gasteiger partial charge in [-0.05, 0) is 55.4 Å². The topological polar surface area (TPSA) is 52.6 Å². The molecule has 0 aromatic heterocycles. The van der Waals surface area contributed by atoms with E-state index in [9.17, 15) is 9.59 Å². The lowest BCUT2D eigenvalue weighted by atomic mass is 9.82. The van der Waals surface area contributed by atoms with Crippen molar-refractivity contribution >= 4 is 11.9 Å². The summed E-state index contributed by atoms with van der Waals surface area (Å²) in [5.41, 5.74) is 1.16. The lowest BCUT2D eigenvalue weighted by Crippen LogP contribution is -2.25. The summed E-state index contributed by atoms with van der Waals surface area (Å²) in [6, 6.07) is 18.1. The Hall–Kier alpha value is -2.62. The van der Waals surface area contributed by atoms with Crippen LogP contribution in [-0.2, 0) is 9.47 Å². The minimum atomic E-state index is -0.275. The number of hydrogen-bond acceptors (Lipinski definition) is 4. The highest BCUT2D eigenvalue weighted by Gasteiger charge is 2.24. The van der Waals surface area contributed by atoms with Gasteiger partial charge in [-0.25, -0.2) is 9.59 Å². The predicted octanol–water partition coefficient (Wildman–Crippen LogP) is 4.51. The average molecular weight is 352 g/mol. The van der Waals surface area contributed by atoms with Crippen molar-refractivity contribution in [2.45, 2.75) is 25.7 Å². The molecule has 26 heavy (non-hydrogen) atoms. The molecule has 2 aromatic rings. The van der Waals surface area contributed by atoms with Crippen LogP contribution in [0.4, 0.5) is 0 Å². The molecule has 0 spiro atoms. The van der Waals surface area contributed by atoms with E-state index in [4.69, 9.17) is 9.47 Å². The first-order valence-electron chi connectivity index (χ1n) is 9.16. The van der Waals surface area contributed by atoms with Crippen molar-refractivity contribution < 1.29 is 19.1 Å². The summed E-state index contributed by atoms with van der Waals surface area (Å²) in [6.45, 7) is 0.855. The molecule has 1 aliphatic carbocycles. The number of carbonyl (C=O) groups is 2. The monoisotopic (exact) mass is 352 g/mol. The van der Waals surface area contributed by atoms with Crippen LogP contribution in [0.2, 0.25) is 0 Å². The van der Waals surface area contributed by atoms with Crippen molar-refractivity contribution in [1.29, 1.82) is 0 Å². The van der Waals surface area contributed by atoms with Crippen LogP contribution in [0.15, 0.2) is 60.7 Å². The van der Waals surface area contributed by atoms with Gasteiger partial charge in [-0.2, -0.15) is 0 Å². The van der Waals surface area contributed by atoms with Crippen molar-refractivity contribution in [3.63, 3.8) is 0 Å². The van der Waals surface area contributed by atoms with E-state index in [0.717, 1.165) is 25.7 Å². The van der Waals surface area contributed by atoms with Crippen molar-refractivity contribution in [3.8, 4) is 0 Å². The van der Waals surface area contributed by atoms with Gasteiger partial charge in [0.1, 0.15) is 0 Å². The maximum atomic E-state index is 12.0. The number of hydrogen-bond donors (Lipinski definition) is 0. The molecule has 0 saturated heterocycles. The van der Waals surface area contributed by atoms with E-state index in [-0.39, 0.29) is 11.9 Å². The number of rotatable bonds is 6. The van der Waals surface area contributed by atoms with Gasteiger partial charge in [0.2, 0.25) is 0 Å². The van der Waals surface area contributed by atoms with E-state index in [1.54, 1.807) is 24.3 Å². The molecule has 4 nitrogen and oxygen atoms in total. The van der Waals surface area contributed by atoms with Gasteiger partial charge in [0.25, 0.3) is 0 Å². The summed E-state index contributed by atoms with van der Waals surface area (Å²) in [5, 5.41) is 0. The summed E-state index contributed by atoms with van der Waals surface area (Å²) in [7, 11) is 0. The predicted molar refractivity (Wildman–Crippen MR) is 98.9 cm³/mol. The Labute approximate surface area is 154 Å². The van der Waals surface area contributed by atoms with Crippen LogP contribution in [0.25, 0.3) is 0 Å². The quantitative estimate of drug-likeness (QED) is 0.718. The Morgan fingerprint density at radius 1 is 0.731 bits per heavy atom. The molecule has 0 aliphatic heterocycles. The van der Waals surface area contributed by atoms with Gasteiger partial charge in [0, 0.05) is 0 Å². The van der Waals surface area contributed by atoms with Gasteiger partial charge in [0.15, 0.2) is 0 Å². The molecule has 1 fully saturated rings. The maximum absolute atomic E-state index is 12.0. The molecule has 1 aliphatic rings. The Kier molecular flexibility index (Phi) is 6.42. The Morgan fingerprint density at radius 3 is 1.58 bits per heavy atom. The lowest BCUT2D eigenvalue weighted by Gasteiger charge is -2.28. The van der Waals surface area contributed by atoms with Gasteiger partial charge in [-0.3, -0.25) is 0 Å². The van der Waals surface area contributed by atoms with E-state index in [1.165, 1.54) is 0 Å². The molecular formula is C22H24O4. The molecule has 2 atom stereocenters. The Bertz CT molecular complexity index is 650. The van der Waals surface area contributed by atoms with Crippen molar-refractivity contribution in [2.24, 2.45) is 11.8 Å². The third-order valence-corrected chi connectivity index (χ3v) is 4.81. The zero-order valence-corrected chi connectivity index (χ0v) is 14.8. The summed E-state index contributed by atoms with van der Waals surface area (Å²) in [4.78, 5) is 24.1. The second-order valence-electron chi connectivity index (χ2n) is 6.83. The van der Waals surface area contributed by atoms with E-state index < -0.39 is 0 Å². The molecule has 2 unspecified atom stereocenters. The fourth-order valence-corrected chi connectivity index (χ4v) is 3.41. The normalized spacial score (nSPS) is 19.5. The molecule has 3 rings (SSSR count). The number of ether oxygens (including phenoxy) is 2. The average Bonchev–Trinajstić information content (AvgIpc) is 2.72. The number of carbonyl (C=O) groups excluding carboxylic acids is 2. The molecule has 0 radical (unpaired) electrons. The summed E-state index contributed by atoms with van der Waals surface area (Å²) in [5.74, 6) is 0.111. The first-order chi connectivity index (χ1) is 12.7. The fourth-order valence-electron chi connectivity index (χ4n) is 3.41. The number of esters is 2. The zero-order chi connectivity index (χ0) is 18.2. The van der Waals surface area contributed by atoms with Crippen molar-refractivity contribution in [3.05, 3.63) is 71.8 Å². The SMILES string of the molecule is O=C(OCC1CCCC(COC(=O)c2ccccc2)C1)c1ccccc1. The minimum Gasteiger partial charge on any atom is -0.462 e. The summed E-state index contributed by atoms with van der Waals surface area (Å²) < 4.78 is 10.9. The molecule has 2 aromatic carbocycles. The highest BCUT2D eigenvalue weighted by atomic mass is 16.5. The fraction of sp³-hybridized carbons (Fsp3) is 0.364. The minimum absolute atomic E-state index is 0.275. The van der Waals surface area contributed by atoms with Gasteiger partial charge < -0.3 is 9.47 Å². The van der Waals surface area contributed by atoms with Crippen molar-refractivity contribution in [2.75, 3.05) is 13.2 Å². The third-order valence-electron chi connectivity index (χ3n) is 4.81. The third kappa shape index (κ3) is 5.19.